The van der Waals surface area contributed by atoms with Crippen LogP contribution in [0.3, 0.4) is 0 Å². The number of hydrogen-bond donors (Lipinski definition) is 2. The standard InChI is InChI=1S/C19H23N3O4S/c1-21-9-2-3-16(21)17(23)6-8-20-27(25,26)15-11-13-4-5-18(24)22-10-7-14(12-15)19(13)22/h2-3,9,11-12,17,20,23H,4-8,10H2,1H3/t17-/m1/s1. The maximum Gasteiger partial charge on any atom is 0.240 e. The van der Waals surface area contributed by atoms with E-state index in [9.17, 15) is 18.3 Å². The number of carbonyl (C=O) groups excluding carboxylic acids is 1. The lowest BCUT2D eigenvalue weighted by Crippen LogP contribution is -2.33. The molecule has 1 aromatic heterocycles. The van der Waals surface area contributed by atoms with Gasteiger partial charge >= 0.3 is 0 Å². The van der Waals surface area contributed by atoms with E-state index in [-0.39, 0.29) is 23.8 Å². The Balaban J connectivity index is 1.48. The molecule has 0 bridgehead atoms. The second kappa shape index (κ2) is 6.78. The van der Waals surface area contributed by atoms with Crippen LogP contribution in [0.5, 0.6) is 0 Å². The smallest absolute Gasteiger partial charge is 0.240 e. The fourth-order valence-electron chi connectivity index (χ4n) is 3.96. The number of nitrogens with one attached hydrogen (secondary N) is 1. The number of anilines is 1. The largest absolute Gasteiger partial charge is 0.387 e. The van der Waals surface area contributed by atoms with Gasteiger partial charge in [0.2, 0.25) is 15.9 Å². The number of aryl methyl sites for hydroxylation is 2. The summed E-state index contributed by atoms with van der Waals surface area (Å²) in [4.78, 5) is 14.0. The van der Waals surface area contributed by atoms with Gasteiger partial charge in [-0.1, -0.05) is 0 Å². The highest BCUT2D eigenvalue weighted by molar-refractivity contribution is 7.89. The minimum absolute atomic E-state index is 0.115. The lowest BCUT2D eigenvalue weighted by atomic mass is 10.00. The number of hydrogen-bond acceptors (Lipinski definition) is 4. The van der Waals surface area contributed by atoms with Gasteiger partial charge in [0, 0.05) is 38.4 Å². The highest BCUT2D eigenvalue weighted by Gasteiger charge is 2.32. The predicted molar refractivity (Wildman–Crippen MR) is 101 cm³/mol. The van der Waals surface area contributed by atoms with Crippen molar-refractivity contribution in [2.75, 3.05) is 18.0 Å². The quantitative estimate of drug-likeness (QED) is 0.778. The molecule has 0 unspecified atom stereocenters. The molecule has 2 aromatic rings. The van der Waals surface area contributed by atoms with E-state index < -0.39 is 16.1 Å². The van der Waals surface area contributed by atoms with Crippen LogP contribution in [-0.4, -0.2) is 37.1 Å². The minimum atomic E-state index is -3.67. The van der Waals surface area contributed by atoms with Crippen molar-refractivity contribution < 1.29 is 18.3 Å². The van der Waals surface area contributed by atoms with E-state index in [1.54, 1.807) is 17.0 Å². The lowest BCUT2D eigenvalue weighted by molar-refractivity contribution is -0.118. The number of carbonyl (C=O) groups is 1. The molecule has 0 saturated carbocycles. The summed E-state index contributed by atoms with van der Waals surface area (Å²) >= 11 is 0. The Kier molecular flexibility index (Phi) is 4.57. The van der Waals surface area contributed by atoms with E-state index in [2.05, 4.69) is 4.72 Å². The number of benzene rings is 1. The highest BCUT2D eigenvalue weighted by atomic mass is 32.2. The highest BCUT2D eigenvalue weighted by Crippen LogP contribution is 2.38. The molecule has 0 fully saturated rings. The summed E-state index contributed by atoms with van der Waals surface area (Å²) in [6.07, 6.45) is 3.08. The van der Waals surface area contributed by atoms with Gasteiger partial charge in [-0.25, -0.2) is 13.1 Å². The van der Waals surface area contributed by atoms with Crippen LogP contribution in [0.15, 0.2) is 35.4 Å². The second-order valence-corrected chi connectivity index (χ2v) is 8.90. The van der Waals surface area contributed by atoms with Gasteiger partial charge < -0.3 is 14.6 Å². The first-order valence-corrected chi connectivity index (χ1v) is 10.6. The van der Waals surface area contributed by atoms with Crippen molar-refractivity contribution in [3.63, 3.8) is 0 Å². The van der Waals surface area contributed by atoms with Crippen molar-refractivity contribution in [1.82, 2.24) is 9.29 Å². The molecule has 3 heterocycles. The molecule has 2 aliphatic heterocycles. The zero-order chi connectivity index (χ0) is 19.2. The first-order valence-electron chi connectivity index (χ1n) is 9.12. The van der Waals surface area contributed by atoms with Crippen molar-refractivity contribution >= 4 is 21.6 Å². The van der Waals surface area contributed by atoms with Crippen LogP contribution >= 0.6 is 0 Å². The molecule has 1 amide bonds. The molecular weight excluding hydrogens is 366 g/mol. The number of sulfonamides is 1. The molecule has 4 rings (SSSR count). The van der Waals surface area contributed by atoms with Crippen LogP contribution in [0.1, 0.15) is 35.8 Å². The summed E-state index contributed by atoms with van der Waals surface area (Å²) in [7, 11) is -1.83. The Morgan fingerprint density at radius 1 is 1.22 bits per heavy atom. The van der Waals surface area contributed by atoms with Gasteiger partial charge in [-0.05, 0) is 54.7 Å². The maximum absolute atomic E-state index is 12.7. The molecule has 8 heteroatoms. The average molecular weight is 389 g/mol. The van der Waals surface area contributed by atoms with Gasteiger partial charge in [-0.2, -0.15) is 0 Å². The number of aliphatic hydroxyl groups excluding tert-OH is 1. The van der Waals surface area contributed by atoms with Gasteiger partial charge in [0.25, 0.3) is 0 Å². The van der Waals surface area contributed by atoms with E-state index in [0.717, 1.165) is 22.5 Å². The molecule has 0 aliphatic carbocycles. The molecular formula is C19H23N3O4S. The topological polar surface area (TPSA) is 91.6 Å². The van der Waals surface area contributed by atoms with Crippen molar-refractivity contribution in [2.45, 2.75) is 36.7 Å². The Morgan fingerprint density at radius 3 is 2.67 bits per heavy atom. The molecule has 27 heavy (non-hydrogen) atoms. The van der Waals surface area contributed by atoms with Crippen LogP contribution in [0.2, 0.25) is 0 Å². The third kappa shape index (κ3) is 3.28. The average Bonchev–Trinajstić information content (AvgIpc) is 3.25. The van der Waals surface area contributed by atoms with Crippen molar-refractivity contribution in [3.8, 4) is 0 Å². The van der Waals surface area contributed by atoms with E-state index in [1.807, 2.05) is 29.9 Å². The monoisotopic (exact) mass is 389 g/mol. The van der Waals surface area contributed by atoms with E-state index in [1.165, 1.54) is 0 Å². The van der Waals surface area contributed by atoms with E-state index in [0.29, 0.717) is 25.8 Å². The van der Waals surface area contributed by atoms with Gasteiger partial charge in [0.15, 0.2) is 0 Å². The predicted octanol–water partition coefficient (Wildman–Crippen LogP) is 1.26. The Morgan fingerprint density at radius 2 is 1.96 bits per heavy atom. The SMILES string of the molecule is Cn1cccc1[C@H](O)CCNS(=O)(=O)c1cc2c3c(c1)CCN3C(=O)CC2. The molecule has 1 atom stereocenters. The first kappa shape index (κ1) is 18.2. The Hall–Kier alpha value is -2.16. The Bertz CT molecular complexity index is 996. The van der Waals surface area contributed by atoms with Crippen LogP contribution in [0.25, 0.3) is 0 Å². The number of aliphatic hydroxyl groups is 1. The van der Waals surface area contributed by atoms with Crippen LogP contribution in [0.4, 0.5) is 5.69 Å². The number of rotatable bonds is 6. The van der Waals surface area contributed by atoms with Gasteiger partial charge in [-0.15, -0.1) is 0 Å². The molecule has 0 radical (unpaired) electrons. The molecule has 2 aliphatic rings. The third-order valence-electron chi connectivity index (χ3n) is 5.37. The zero-order valence-electron chi connectivity index (χ0n) is 15.2. The van der Waals surface area contributed by atoms with E-state index in [4.69, 9.17) is 0 Å². The molecule has 0 saturated heterocycles. The summed E-state index contributed by atoms with van der Waals surface area (Å²) in [5.41, 5.74) is 3.50. The summed E-state index contributed by atoms with van der Waals surface area (Å²) in [5.74, 6) is 0.115. The summed E-state index contributed by atoms with van der Waals surface area (Å²) in [5, 5.41) is 10.2. The summed E-state index contributed by atoms with van der Waals surface area (Å²) < 4.78 is 29.8. The fourth-order valence-corrected chi connectivity index (χ4v) is 5.11. The van der Waals surface area contributed by atoms with Gasteiger partial charge in [0.1, 0.15) is 0 Å². The van der Waals surface area contributed by atoms with Crippen molar-refractivity contribution in [1.29, 1.82) is 0 Å². The Labute approximate surface area is 158 Å². The van der Waals surface area contributed by atoms with Crippen LogP contribution in [-0.2, 0) is 34.7 Å². The lowest BCUT2D eigenvalue weighted by Gasteiger charge is -2.25. The maximum atomic E-state index is 12.7. The molecule has 0 spiro atoms. The number of nitrogens with zero attached hydrogens (tertiary/aromatic N) is 2. The second-order valence-electron chi connectivity index (χ2n) is 7.13. The molecule has 7 nitrogen and oxygen atoms in total. The van der Waals surface area contributed by atoms with Crippen LogP contribution in [0, 0.1) is 0 Å². The number of aromatic nitrogens is 1. The third-order valence-corrected chi connectivity index (χ3v) is 6.81. The zero-order valence-corrected chi connectivity index (χ0v) is 16.0. The number of amides is 1. The minimum Gasteiger partial charge on any atom is -0.387 e. The van der Waals surface area contributed by atoms with Gasteiger partial charge in [0.05, 0.1) is 16.7 Å². The molecule has 1 aromatic carbocycles. The van der Waals surface area contributed by atoms with Crippen molar-refractivity contribution in [3.05, 3.63) is 47.3 Å². The first-order chi connectivity index (χ1) is 12.9. The van der Waals surface area contributed by atoms with Gasteiger partial charge in [-0.3, -0.25) is 4.79 Å². The molecule has 144 valence electrons. The normalized spacial score (nSPS) is 17.3. The fraction of sp³-hybridized carbons (Fsp3) is 0.421. The summed E-state index contributed by atoms with van der Waals surface area (Å²) in [6.45, 7) is 0.770. The van der Waals surface area contributed by atoms with E-state index >= 15 is 0 Å². The van der Waals surface area contributed by atoms with Crippen LogP contribution < -0.4 is 9.62 Å². The molecule has 2 N–H and O–H groups in total. The summed E-state index contributed by atoms with van der Waals surface area (Å²) in [6, 6.07) is 7.01. The van der Waals surface area contributed by atoms with Crippen molar-refractivity contribution in [2.24, 2.45) is 7.05 Å².